The molecule has 17 heteroatoms. The van der Waals surface area contributed by atoms with Crippen LogP contribution in [-0.4, -0.2) is 53.1 Å². The largest absolute Gasteiger partial charge is 4.00 e. The maximum absolute atomic E-state index is 10.2. The summed E-state index contributed by atoms with van der Waals surface area (Å²) >= 11 is 0. The Morgan fingerprint density at radius 2 is 0.586 bits per heavy atom. The Kier molecular flexibility index (Phi) is 29.7. The molecule has 0 saturated heterocycles. The molecule has 0 aliphatic carbocycles. The first-order valence-electron chi connectivity index (χ1n) is 7.92. The topological polar surface area (TPSA) is 197 Å². The fourth-order valence-corrected chi connectivity index (χ4v) is 1.55. The van der Waals surface area contributed by atoms with Crippen molar-refractivity contribution in [1.82, 2.24) is 0 Å². The molecule has 0 aromatic heterocycles. The van der Waals surface area contributed by atoms with Crippen molar-refractivity contribution in [2.24, 2.45) is 0 Å². The molecule has 176 valence electrons. The third kappa shape index (κ3) is 34.1. The molecule has 0 fully saturated rings. The maximum Gasteiger partial charge on any atom is 4.00 e. The fourth-order valence-electron chi connectivity index (χ4n) is 0.516. The van der Waals surface area contributed by atoms with Gasteiger partial charge in [-0.15, -0.1) is 0 Å². The van der Waals surface area contributed by atoms with E-state index in [4.69, 9.17) is 0 Å². The Balaban J connectivity index is -0.0000000873. The molecule has 12 nitrogen and oxygen atoms in total. The summed E-state index contributed by atoms with van der Waals surface area (Å²) in [6, 6.07) is 0. The number of hydrogen-bond donors (Lipinski definition) is 0. The molecule has 0 aliphatic heterocycles. The Bertz CT molecular complexity index is 431. The van der Waals surface area contributed by atoms with Crippen molar-refractivity contribution < 1.29 is 77.6 Å². The van der Waals surface area contributed by atoms with Crippen LogP contribution in [0.1, 0.15) is 27.7 Å². The van der Waals surface area contributed by atoms with Crippen molar-refractivity contribution in [3.63, 3.8) is 0 Å². The van der Waals surface area contributed by atoms with Crippen molar-refractivity contribution in [1.29, 1.82) is 0 Å². The van der Waals surface area contributed by atoms with E-state index in [-0.39, 0.29) is 46.4 Å². The van der Waals surface area contributed by atoms with Gasteiger partial charge in [0.15, 0.2) is 0 Å². The van der Waals surface area contributed by atoms with Crippen molar-refractivity contribution in [3.8, 4) is 0 Å². The molecule has 0 rings (SSSR count). The Morgan fingerprint density at radius 1 is 0.483 bits per heavy atom. The summed E-state index contributed by atoms with van der Waals surface area (Å²) in [5.74, 6) is 0. The van der Waals surface area contributed by atoms with Gasteiger partial charge in [-0.3, -0.25) is 0 Å². The van der Waals surface area contributed by atoms with Gasteiger partial charge in [-0.05, 0) is 0 Å². The molecule has 29 heavy (non-hydrogen) atoms. The van der Waals surface area contributed by atoms with E-state index in [1.807, 2.05) is 0 Å². The molecule has 4 unspecified atom stereocenters. The molecule has 0 spiro atoms. The summed E-state index contributed by atoms with van der Waals surface area (Å²) in [6.45, 7) is 6.16. The minimum absolute atomic E-state index is 0. The molecule has 0 amide bonds. The third-order valence-electron chi connectivity index (χ3n) is 2.66. The normalized spacial score (nSPS) is 18.1. The molecule has 0 saturated carbocycles. The molecular weight excluding hydrogens is 508 g/mol. The zero-order valence-electron chi connectivity index (χ0n) is 18.0. The predicted molar refractivity (Wildman–Crippen MR) is 101 cm³/mol. The van der Waals surface area contributed by atoms with E-state index in [1.165, 1.54) is 27.7 Å². The Morgan fingerprint density at radius 3 is 0.586 bits per heavy atom. The zero-order valence-corrected chi connectivity index (χ0v) is 23.2. The van der Waals surface area contributed by atoms with Gasteiger partial charge in [-0.25, -0.2) is 0 Å². The van der Waals surface area contributed by atoms with E-state index >= 15 is 0 Å². The van der Waals surface area contributed by atoms with Gasteiger partial charge < -0.3 is 55.9 Å². The van der Waals surface area contributed by atoms with Gasteiger partial charge in [0.05, 0.1) is 0 Å². The van der Waals surface area contributed by atoms with Crippen LogP contribution in [0.4, 0.5) is 0 Å². The van der Waals surface area contributed by atoms with Crippen LogP contribution in [0.25, 0.3) is 0 Å². The maximum atomic E-state index is 10.2. The van der Waals surface area contributed by atoms with Crippen LogP contribution >= 0.6 is 30.4 Å². The molecule has 0 radical (unpaired) electrons. The van der Waals surface area contributed by atoms with Crippen LogP contribution in [-0.2, 0) is 58.1 Å². The minimum Gasteiger partial charge on any atom is -0.779 e. The van der Waals surface area contributed by atoms with E-state index in [0.717, 1.165) is 28.4 Å². The quantitative estimate of drug-likeness (QED) is 0.311. The monoisotopic (exact) mass is 540 g/mol. The molecule has 0 aromatic carbocycles. The Hall–Kier alpha value is 1.31. The molecule has 0 aliphatic rings. The van der Waals surface area contributed by atoms with E-state index in [2.05, 4.69) is 18.1 Å². The summed E-state index contributed by atoms with van der Waals surface area (Å²) in [5.41, 5.74) is 0. The van der Waals surface area contributed by atoms with Crippen molar-refractivity contribution >= 4 is 30.4 Å². The number of rotatable bonds is 8. The molecule has 0 aromatic rings. The first-order chi connectivity index (χ1) is 12.5. The zero-order chi connectivity index (χ0) is 23.7. The minimum atomic E-state index is -3.40. The van der Waals surface area contributed by atoms with Crippen molar-refractivity contribution in [3.05, 3.63) is 0 Å². The van der Waals surface area contributed by atoms with Gasteiger partial charge >= 0.3 is 21.7 Å². The first kappa shape index (κ1) is 40.7. The van der Waals surface area contributed by atoms with Gasteiger partial charge in [-0.2, -0.15) is 0 Å². The van der Waals surface area contributed by atoms with Gasteiger partial charge in [0.1, 0.15) is 30.4 Å². The average Bonchev–Trinajstić information content (AvgIpc) is 2.69. The van der Waals surface area contributed by atoms with Crippen LogP contribution in [0.15, 0.2) is 0 Å². The van der Waals surface area contributed by atoms with Crippen LogP contribution in [0.5, 0.6) is 0 Å². The van der Waals surface area contributed by atoms with E-state index in [0.29, 0.717) is 0 Å². The van der Waals surface area contributed by atoms with E-state index in [1.54, 1.807) is 0 Å². The Labute approximate surface area is 188 Å². The SMILES string of the molecule is CCP(=O)([O-])OC.CCP(=O)([O-])OC.CCP(=O)([O-])OC.CCP(=O)([O-])OC.[Ti+4]. The van der Waals surface area contributed by atoms with Gasteiger partial charge in [0, 0.05) is 53.1 Å². The second-order valence-corrected chi connectivity index (χ2v) is 13.3. The standard InChI is InChI=1S/4C3H9O3P.Ti/c4*1-3-7(4,5)6-2;/h4*3H2,1-2H3,(H,4,5);/q;;;;+4/p-4. The van der Waals surface area contributed by atoms with Crippen molar-refractivity contribution in [2.45, 2.75) is 27.7 Å². The van der Waals surface area contributed by atoms with Gasteiger partial charge in [-0.1, -0.05) is 27.7 Å². The van der Waals surface area contributed by atoms with Crippen LogP contribution in [0, 0.1) is 0 Å². The van der Waals surface area contributed by atoms with Crippen LogP contribution < -0.4 is 19.6 Å². The van der Waals surface area contributed by atoms with E-state index in [9.17, 15) is 37.8 Å². The van der Waals surface area contributed by atoms with Gasteiger partial charge in [0.2, 0.25) is 0 Å². The summed E-state index contributed by atoms with van der Waals surface area (Å²) in [6.07, 6.45) is 0.292. The molecule has 0 heterocycles. The van der Waals surface area contributed by atoms with Crippen LogP contribution in [0.3, 0.4) is 0 Å². The van der Waals surface area contributed by atoms with Gasteiger partial charge in [0.25, 0.3) is 0 Å². The molecular formula is C12H32O12P4Ti. The third-order valence-corrected chi connectivity index (χ3v) is 7.99. The second-order valence-electron chi connectivity index (χ2n) is 4.44. The second kappa shape index (κ2) is 21.2. The molecule has 4 atom stereocenters. The summed E-state index contributed by atoms with van der Waals surface area (Å²) in [5, 5.41) is 0. The summed E-state index contributed by atoms with van der Waals surface area (Å²) < 4.78 is 57.0. The van der Waals surface area contributed by atoms with Crippen LogP contribution in [0.2, 0.25) is 0 Å². The summed E-state index contributed by atoms with van der Waals surface area (Å²) in [4.78, 5) is 40.7. The predicted octanol–water partition coefficient (Wildman–Crippen LogP) is 0.822. The average molecular weight is 540 g/mol. The first-order valence-corrected chi connectivity index (χ1v) is 14.8. The fraction of sp³-hybridized carbons (Fsp3) is 1.00. The number of hydrogen-bond acceptors (Lipinski definition) is 12. The van der Waals surface area contributed by atoms with E-state index < -0.39 is 30.4 Å². The summed E-state index contributed by atoms with van der Waals surface area (Å²) in [7, 11) is -8.96. The molecule has 0 N–H and O–H groups in total. The van der Waals surface area contributed by atoms with Crippen molar-refractivity contribution in [2.75, 3.05) is 53.1 Å². The smallest absolute Gasteiger partial charge is 0.779 e. The molecule has 0 bridgehead atoms.